The van der Waals surface area contributed by atoms with Crippen molar-refractivity contribution in [2.45, 2.75) is 20.0 Å². The van der Waals surface area contributed by atoms with Gasteiger partial charge in [0.05, 0.1) is 0 Å². The van der Waals surface area contributed by atoms with E-state index in [0.717, 1.165) is 0 Å². The van der Waals surface area contributed by atoms with Gasteiger partial charge in [0.25, 0.3) is 0 Å². The molecule has 0 aromatic rings. The lowest BCUT2D eigenvalue weighted by Gasteiger charge is -1.80. The Morgan fingerprint density at radius 3 is 1.14 bits per heavy atom. The van der Waals surface area contributed by atoms with E-state index in [0.29, 0.717) is 0 Å². The summed E-state index contributed by atoms with van der Waals surface area (Å²) in [6.07, 6.45) is -0.167. The van der Waals surface area contributed by atoms with Crippen molar-refractivity contribution in [1.29, 1.82) is 0 Å². The summed E-state index contributed by atoms with van der Waals surface area (Å²) >= 11 is 0. The fourth-order valence-corrected chi connectivity index (χ4v) is 0. The molecule has 0 amide bonds. The molecule has 0 spiro atoms. The summed E-state index contributed by atoms with van der Waals surface area (Å²) in [6.45, 7) is 3.44. The minimum absolute atomic E-state index is 0. The Bertz CT molecular complexity index is 15.7. The van der Waals surface area contributed by atoms with Crippen LogP contribution in [-0.2, 0) is 0 Å². The van der Waals surface area contributed by atoms with Crippen LogP contribution in [0, 0.1) is 0 Å². The van der Waals surface area contributed by atoms with Crippen LogP contribution in [0.25, 0.3) is 0 Å². The van der Waals surface area contributed by atoms with Crippen molar-refractivity contribution in [2.24, 2.45) is 0 Å². The zero-order chi connectivity index (χ0) is 3.58. The van der Waals surface area contributed by atoms with Gasteiger partial charge in [-0.25, -0.2) is 0 Å². The summed E-state index contributed by atoms with van der Waals surface area (Å²) in [5, 5.41) is 8.06. The van der Waals surface area contributed by atoms with Crippen LogP contribution >= 0.6 is 24.8 Å². The number of aliphatic hydroxyl groups is 1. The Morgan fingerprint density at radius 2 is 1.14 bits per heavy atom. The summed E-state index contributed by atoms with van der Waals surface area (Å²) in [5.41, 5.74) is 0. The van der Waals surface area contributed by atoms with Crippen molar-refractivity contribution in [2.75, 3.05) is 0 Å². The maximum absolute atomic E-state index is 8.06. The highest BCUT2D eigenvalue weighted by atomic mass is 35.5. The van der Waals surface area contributed by atoms with E-state index in [9.17, 15) is 0 Å². The molecule has 0 aliphatic carbocycles. The van der Waals surface area contributed by atoms with Gasteiger partial charge >= 0.3 is 0 Å². The Hall–Kier alpha value is 0.500. The minimum atomic E-state index is -0.167. The number of hydrogen-bond donors (Lipinski definition) is 1. The van der Waals surface area contributed by atoms with Gasteiger partial charge in [-0.2, -0.15) is 0 Å². The third kappa shape index (κ3) is 527. The number of aliphatic hydroxyl groups excluding tert-OH is 1. The highest BCUT2D eigenvalue weighted by Crippen LogP contribution is 1.65. The minimum Gasteiger partial charge on any atom is -0.412 e. The first-order chi connectivity index (χ1) is 1.73. The van der Waals surface area contributed by atoms with Crippen LogP contribution in [0.1, 0.15) is 13.8 Å². The molecule has 0 bridgehead atoms. The quantitative estimate of drug-likeness (QED) is 0.535. The van der Waals surface area contributed by atoms with Gasteiger partial charge in [-0.05, 0) is 13.8 Å². The lowest BCUT2D eigenvalue weighted by molar-refractivity contribution is 0.216. The summed E-state index contributed by atoms with van der Waals surface area (Å²) in [5.74, 6) is 0. The fraction of sp³-hybridized carbons (Fsp3) is 1.00. The first kappa shape index (κ1) is 25.9. The van der Waals surface area contributed by atoms with Gasteiger partial charge in [0.2, 0.25) is 0 Å². The lowest BCUT2D eigenvalue weighted by atomic mass is 10.5. The molecule has 0 aliphatic rings. The molecule has 4 heteroatoms. The van der Waals surface area contributed by atoms with Crippen molar-refractivity contribution >= 4 is 24.8 Å². The van der Waals surface area contributed by atoms with E-state index >= 15 is 0 Å². The van der Waals surface area contributed by atoms with Crippen LogP contribution in [0.5, 0.6) is 0 Å². The van der Waals surface area contributed by atoms with E-state index in [4.69, 9.17) is 5.11 Å². The summed E-state index contributed by atoms with van der Waals surface area (Å²) in [6, 6.07) is 0. The van der Waals surface area contributed by atoms with E-state index in [1.165, 1.54) is 0 Å². The van der Waals surface area contributed by atoms with Crippen molar-refractivity contribution in [3.8, 4) is 0 Å². The van der Waals surface area contributed by atoms with Gasteiger partial charge in [0.1, 0.15) is 0 Å². The number of rotatable bonds is 0. The molecule has 3 N–H and O–H groups in total. The van der Waals surface area contributed by atoms with Crippen LogP contribution in [0.15, 0.2) is 0 Å². The molecule has 0 aliphatic heterocycles. The van der Waals surface area contributed by atoms with Crippen molar-refractivity contribution < 1.29 is 10.6 Å². The molecule has 0 radical (unpaired) electrons. The molecule has 0 saturated carbocycles. The molecule has 0 heterocycles. The van der Waals surface area contributed by atoms with Crippen LogP contribution in [0.4, 0.5) is 0 Å². The van der Waals surface area contributed by atoms with Crippen LogP contribution in [-0.4, -0.2) is 16.7 Å². The smallest absolute Gasteiger partial charge is 0.0483 e. The lowest BCUT2D eigenvalue weighted by Crippen LogP contribution is -1.85. The Labute approximate surface area is 56.1 Å². The van der Waals surface area contributed by atoms with E-state index in [1.807, 2.05) is 0 Å². The summed E-state index contributed by atoms with van der Waals surface area (Å²) in [4.78, 5) is 0. The molecular formula is C3H12Cl2O2. The van der Waals surface area contributed by atoms with Gasteiger partial charge in [-0.1, -0.05) is 0 Å². The van der Waals surface area contributed by atoms with Gasteiger partial charge < -0.3 is 10.6 Å². The largest absolute Gasteiger partial charge is 0.412 e. The first-order valence-electron chi connectivity index (χ1n) is 1.41. The van der Waals surface area contributed by atoms with Gasteiger partial charge in [-0.3, -0.25) is 0 Å². The number of hydrogen-bond acceptors (Lipinski definition) is 1. The van der Waals surface area contributed by atoms with Crippen LogP contribution < -0.4 is 0 Å². The second-order valence-corrected chi connectivity index (χ2v) is 1.09. The van der Waals surface area contributed by atoms with E-state index in [-0.39, 0.29) is 36.4 Å². The summed E-state index contributed by atoms with van der Waals surface area (Å²) in [7, 11) is 0. The maximum atomic E-state index is 8.06. The topological polar surface area (TPSA) is 51.7 Å². The zero-order valence-electron chi connectivity index (χ0n) is 4.34. The van der Waals surface area contributed by atoms with Gasteiger partial charge in [-0.15, -0.1) is 24.8 Å². The van der Waals surface area contributed by atoms with E-state index in [2.05, 4.69) is 0 Å². The summed E-state index contributed by atoms with van der Waals surface area (Å²) < 4.78 is 0. The second-order valence-electron chi connectivity index (χ2n) is 1.09. The average molecular weight is 151 g/mol. The highest BCUT2D eigenvalue weighted by molar-refractivity contribution is 5.85. The second kappa shape index (κ2) is 16.1. The molecular weight excluding hydrogens is 139 g/mol. The third-order valence-electron chi connectivity index (χ3n) is 0. The first-order valence-corrected chi connectivity index (χ1v) is 1.41. The normalized spacial score (nSPS) is 5.14. The monoisotopic (exact) mass is 150 g/mol. The molecule has 0 aromatic heterocycles. The Morgan fingerprint density at radius 1 is 1.14 bits per heavy atom. The number of halogens is 2. The molecule has 0 aromatic carbocycles. The molecule has 0 saturated heterocycles. The molecule has 2 nitrogen and oxygen atoms in total. The molecule has 7 heavy (non-hydrogen) atoms. The molecule has 0 unspecified atom stereocenters. The predicted molar refractivity (Wildman–Crippen MR) is 35.5 cm³/mol. The van der Waals surface area contributed by atoms with Gasteiger partial charge in [0.15, 0.2) is 0 Å². The molecule has 0 atom stereocenters. The van der Waals surface area contributed by atoms with Gasteiger partial charge in [0, 0.05) is 6.10 Å². The average Bonchev–Trinajstić information content (AvgIpc) is 0.811. The molecule has 50 valence electrons. The van der Waals surface area contributed by atoms with Crippen LogP contribution in [0.3, 0.4) is 0 Å². The molecule has 0 fully saturated rings. The van der Waals surface area contributed by atoms with Crippen molar-refractivity contribution in [1.82, 2.24) is 0 Å². The fourth-order valence-electron chi connectivity index (χ4n) is 0. The van der Waals surface area contributed by atoms with Crippen molar-refractivity contribution in [3.05, 3.63) is 0 Å². The van der Waals surface area contributed by atoms with E-state index < -0.39 is 0 Å². The standard InChI is InChI=1S/C3H8O.2ClH.H2O/c1-3(2)4;;;/h3-4H,1-2H3;2*1H;1H2. The SMILES string of the molecule is CC(C)O.Cl.Cl.O. The predicted octanol–water partition coefficient (Wildman–Crippen LogP) is 0.406. The maximum Gasteiger partial charge on any atom is 0.0483 e. The Kier molecular flexibility index (Phi) is 59.3. The van der Waals surface area contributed by atoms with E-state index in [1.54, 1.807) is 13.8 Å². The zero-order valence-corrected chi connectivity index (χ0v) is 5.97. The Balaban J connectivity index is -0.0000000150. The van der Waals surface area contributed by atoms with Crippen LogP contribution in [0.2, 0.25) is 0 Å². The van der Waals surface area contributed by atoms with Crippen molar-refractivity contribution in [3.63, 3.8) is 0 Å². The highest BCUT2D eigenvalue weighted by Gasteiger charge is 1.69. The molecule has 0 rings (SSSR count). The third-order valence-corrected chi connectivity index (χ3v) is 0.